The first-order valence-corrected chi connectivity index (χ1v) is 14.2. The van der Waals surface area contributed by atoms with Crippen molar-refractivity contribution in [2.24, 2.45) is 17.8 Å². The molecule has 36 heavy (non-hydrogen) atoms. The number of nitrogens with one attached hydrogen (secondary N) is 2. The van der Waals surface area contributed by atoms with Crippen molar-refractivity contribution in [3.8, 4) is 5.75 Å². The SMILES string of the molecule is CCCCNC(=O)C1N(CCCCO)C(=O)[C@@H]2[C@@H](C(=O)Nc3ccc(OCC)cc3)[C@H]3CC(C)C12S3. The Kier molecular flexibility index (Phi) is 8.50. The van der Waals surface area contributed by atoms with E-state index in [1.165, 1.54) is 0 Å². The van der Waals surface area contributed by atoms with Gasteiger partial charge in [0, 0.05) is 30.6 Å². The number of ether oxygens (including phenoxy) is 1. The van der Waals surface area contributed by atoms with Crippen LogP contribution in [-0.4, -0.2) is 70.1 Å². The van der Waals surface area contributed by atoms with Gasteiger partial charge < -0.3 is 25.4 Å². The summed E-state index contributed by atoms with van der Waals surface area (Å²) in [5, 5.41) is 15.4. The minimum Gasteiger partial charge on any atom is -0.494 e. The van der Waals surface area contributed by atoms with E-state index in [1.807, 2.05) is 31.2 Å². The first kappa shape index (κ1) is 26.8. The number of thioether (sulfide) groups is 1. The van der Waals surface area contributed by atoms with E-state index >= 15 is 0 Å². The average molecular weight is 518 g/mol. The van der Waals surface area contributed by atoms with Crippen molar-refractivity contribution in [2.75, 3.05) is 31.6 Å². The molecule has 1 aromatic rings. The van der Waals surface area contributed by atoms with E-state index in [2.05, 4.69) is 24.5 Å². The van der Waals surface area contributed by atoms with Crippen LogP contribution in [0, 0.1) is 17.8 Å². The number of rotatable bonds is 12. The number of aliphatic hydroxyl groups excluding tert-OH is 1. The molecule has 3 aliphatic heterocycles. The zero-order valence-corrected chi connectivity index (χ0v) is 22.3. The maximum Gasteiger partial charge on any atom is 0.244 e. The highest BCUT2D eigenvalue weighted by Gasteiger charge is 2.75. The van der Waals surface area contributed by atoms with Gasteiger partial charge in [0.2, 0.25) is 17.7 Å². The minimum atomic E-state index is -0.613. The molecule has 0 aliphatic carbocycles. The van der Waals surface area contributed by atoms with E-state index in [0.717, 1.165) is 25.0 Å². The van der Waals surface area contributed by atoms with E-state index in [9.17, 15) is 19.5 Å². The molecule has 0 radical (unpaired) electrons. The van der Waals surface area contributed by atoms with Gasteiger partial charge in [-0.3, -0.25) is 14.4 Å². The Morgan fingerprint density at radius 1 is 1.17 bits per heavy atom. The third-order valence-electron chi connectivity index (χ3n) is 7.87. The fraction of sp³-hybridized carbons (Fsp3) is 0.667. The van der Waals surface area contributed by atoms with E-state index < -0.39 is 22.6 Å². The normalized spacial score (nSPS) is 30.4. The summed E-state index contributed by atoms with van der Waals surface area (Å²) in [5.41, 5.74) is 0.664. The number of amides is 3. The van der Waals surface area contributed by atoms with Crippen molar-refractivity contribution >= 4 is 35.2 Å². The number of unbranched alkanes of at least 4 members (excludes halogenated alkanes) is 2. The second-order valence-corrected chi connectivity index (χ2v) is 11.7. The predicted molar refractivity (Wildman–Crippen MR) is 141 cm³/mol. The van der Waals surface area contributed by atoms with Crippen molar-refractivity contribution in [2.45, 2.75) is 68.9 Å². The number of carbonyl (C=O) groups is 3. The molecule has 4 rings (SSSR count). The molecule has 0 saturated carbocycles. The Bertz CT molecular complexity index is 957. The van der Waals surface area contributed by atoms with Crippen LogP contribution < -0.4 is 15.4 Å². The monoisotopic (exact) mass is 517 g/mol. The molecule has 6 atom stereocenters. The topological polar surface area (TPSA) is 108 Å². The Morgan fingerprint density at radius 2 is 1.92 bits per heavy atom. The number of benzene rings is 1. The van der Waals surface area contributed by atoms with Crippen molar-refractivity contribution in [1.29, 1.82) is 0 Å². The van der Waals surface area contributed by atoms with Crippen molar-refractivity contribution in [3.05, 3.63) is 24.3 Å². The molecular weight excluding hydrogens is 478 g/mol. The molecule has 1 aromatic carbocycles. The van der Waals surface area contributed by atoms with E-state index in [1.54, 1.807) is 16.7 Å². The lowest BCUT2D eigenvalue weighted by atomic mass is 9.66. The fourth-order valence-electron chi connectivity index (χ4n) is 6.27. The standard InChI is InChI=1S/C27H39N3O5S/c1-4-6-13-28-25(33)23-27-17(3)16-20(36-27)21(22(27)26(34)30(23)14-7-8-15-31)24(32)29-18-9-11-19(12-10-18)35-5-2/h9-12,17,20-23,31H,4-8,13-16H2,1-3H3,(H,28,33)(H,29,32)/t17?,20-,21+,22+,23?,27?/m1/s1. The maximum atomic E-state index is 13.9. The van der Waals surface area contributed by atoms with Crippen molar-refractivity contribution in [1.82, 2.24) is 10.2 Å². The number of anilines is 1. The van der Waals surface area contributed by atoms with Crippen LogP contribution in [0.4, 0.5) is 5.69 Å². The highest BCUT2D eigenvalue weighted by atomic mass is 32.2. The van der Waals surface area contributed by atoms with Crippen molar-refractivity contribution < 1.29 is 24.2 Å². The highest BCUT2D eigenvalue weighted by molar-refractivity contribution is 8.02. The Morgan fingerprint density at radius 3 is 2.58 bits per heavy atom. The van der Waals surface area contributed by atoms with Crippen LogP contribution in [-0.2, 0) is 14.4 Å². The summed E-state index contributed by atoms with van der Waals surface area (Å²) in [6.07, 6.45) is 3.84. The largest absolute Gasteiger partial charge is 0.494 e. The van der Waals surface area contributed by atoms with E-state index in [4.69, 9.17) is 4.74 Å². The minimum absolute atomic E-state index is 0.00202. The zero-order valence-electron chi connectivity index (χ0n) is 21.5. The molecule has 1 spiro atoms. The quantitative estimate of drug-likeness (QED) is 0.368. The molecule has 3 unspecified atom stereocenters. The van der Waals surface area contributed by atoms with Gasteiger partial charge in [-0.2, -0.15) is 0 Å². The first-order valence-electron chi connectivity index (χ1n) is 13.3. The summed E-state index contributed by atoms with van der Waals surface area (Å²) >= 11 is 1.68. The maximum absolute atomic E-state index is 13.9. The molecule has 8 nitrogen and oxygen atoms in total. The third kappa shape index (κ3) is 4.72. The number of hydrogen-bond donors (Lipinski definition) is 3. The van der Waals surface area contributed by atoms with E-state index in [0.29, 0.717) is 38.2 Å². The van der Waals surface area contributed by atoms with Gasteiger partial charge in [0.1, 0.15) is 11.8 Å². The number of likely N-dealkylation sites (tertiary alicyclic amines) is 1. The van der Waals surface area contributed by atoms with Crippen molar-refractivity contribution in [3.63, 3.8) is 0 Å². The summed E-state index contributed by atoms with van der Waals surface area (Å²) in [5.74, 6) is -0.519. The summed E-state index contributed by atoms with van der Waals surface area (Å²) < 4.78 is 4.88. The number of aliphatic hydroxyl groups is 1. The van der Waals surface area contributed by atoms with Crippen LogP contribution in [0.15, 0.2) is 24.3 Å². The summed E-state index contributed by atoms with van der Waals surface area (Å²) in [6.45, 7) is 7.72. The van der Waals surface area contributed by atoms with Gasteiger partial charge in [0.05, 0.1) is 23.2 Å². The van der Waals surface area contributed by atoms with Gasteiger partial charge in [-0.25, -0.2) is 0 Å². The molecule has 3 amide bonds. The Hall–Kier alpha value is -2.26. The summed E-state index contributed by atoms with van der Waals surface area (Å²) in [6, 6.07) is 6.66. The smallest absolute Gasteiger partial charge is 0.244 e. The van der Waals surface area contributed by atoms with Crippen LogP contribution >= 0.6 is 11.8 Å². The number of hydrogen-bond acceptors (Lipinski definition) is 6. The molecule has 3 heterocycles. The molecule has 3 saturated heterocycles. The first-order chi connectivity index (χ1) is 17.4. The van der Waals surface area contributed by atoms with Gasteiger partial charge in [0.25, 0.3) is 0 Å². The molecule has 0 aromatic heterocycles. The van der Waals surface area contributed by atoms with Crippen LogP contribution in [0.2, 0.25) is 0 Å². The number of fused-ring (bicyclic) bond motifs is 1. The lowest BCUT2D eigenvalue weighted by Gasteiger charge is -2.38. The van der Waals surface area contributed by atoms with Crippen LogP contribution in [0.1, 0.15) is 52.9 Å². The van der Waals surface area contributed by atoms with E-state index in [-0.39, 0.29) is 35.5 Å². The Labute approximate surface area is 217 Å². The molecule has 198 valence electrons. The van der Waals surface area contributed by atoms with Crippen LogP contribution in [0.5, 0.6) is 5.75 Å². The second-order valence-electron chi connectivity index (χ2n) is 10.1. The molecule has 3 fully saturated rings. The van der Waals surface area contributed by atoms with Gasteiger partial charge in [-0.15, -0.1) is 11.8 Å². The molecular formula is C27H39N3O5S. The fourth-order valence-corrected chi connectivity index (χ4v) is 8.69. The average Bonchev–Trinajstić information content (AvgIpc) is 3.44. The van der Waals surface area contributed by atoms with Gasteiger partial charge in [0.15, 0.2) is 0 Å². The molecule has 2 bridgehead atoms. The lowest BCUT2D eigenvalue weighted by molar-refractivity contribution is -0.139. The third-order valence-corrected chi connectivity index (χ3v) is 9.94. The summed E-state index contributed by atoms with van der Waals surface area (Å²) in [4.78, 5) is 42.8. The second kappa shape index (κ2) is 11.4. The lowest BCUT2D eigenvalue weighted by Crippen LogP contribution is -2.56. The summed E-state index contributed by atoms with van der Waals surface area (Å²) in [7, 11) is 0. The van der Waals surface area contributed by atoms with Crippen LogP contribution in [0.25, 0.3) is 0 Å². The van der Waals surface area contributed by atoms with Gasteiger partial charge in [-0.05, 0) is 62.8 Å². The predicted octanol–water partition coefficient (Wildman–Crippen LogP) is 3.05. The van der Waals surface area contributed by atoms with Gasteiger partial charge >= 0.3 is 0 Å². The molecule has 3 N–H and O–H groups in total. The zero-order chi connectivity index (χ0) is 25.9. The molecule has 9 heteroatoms. The number of nitrogens with zero attached hydrogens (tertiary/aromatic N) is 1. The highest BCUT2D eigenvalue weighted by Crippen LogP contribution is 2.68. The molecule has 3 aliphatic rings. The Balaban J connectivity index is 1.60. The van der Waals surface area contributed by atoms with Gasteiger partial charge in [-0.1, -0.05) is 20.3 Å². The van der Waals surface area contributed by atoms with Crippen LogP contribution in [0.3, 0.4) is 0 Å². The number of carbonyl (C=O) groups excluding carboxylic acids is 3.